The highest BCUT2D eigenvalue weighted by Crippen LogP contribution is 2.25. The molecule has 1 aliphatic heterocycles. The Balaban J connectivity index is 2.40. The maximum atomic E-state index is 12.6. The van der Waals surface area contributed by atoms with E-state index in [9.17, 15) is 14.4 Å². The topological polar surface area (TPSA) is 84.9 Å². The molecule has 7 nitrogen and oxygen atoms in total. The molecule has 0 aliphatic carbocycles. The van der Waals surface area contributed by atoms with Gasteiger partial charge in [0.25, 0.3) is 11.8 Å². The van der Waals surface area contributed by atoms with E-state index in [1.807, 2.05) is 47.6 Å². The summed E-state index contributed by atoms with van der Waals surface area (Å²) in [5.74, 6) is -0.606. The number of imide groups is 1. The van der Waals surface area contributed by atoms with Crippen LogP contribution < -0.4 is 5.32 Å². The zero-order valence-corrected chi connectivity index (χ0v) is 22.6. The average molecular weight is 479 g/mol. The van der Waals surface area contributed by atoms with Crippen molar-refractivity contribution < 1.29 is 23.9 Å². The number of amides is 3. The Labute approximate surface area is 206 Å². The molecule has 0 saturated heterocycles. The Morgan fingerprint density at radius 2 is 1.38 bits per heavy atom. The molecule has 0 saturated carbocycles. The summed E-state index contributed by atoms with van der Waals surface area (Å²) in [5, 5.41) is 3.11. The Morgan fingerprint density at radius 1 is 0.882 bits per heavy atom. The summed E-state index contributed by atoms with van der Waals surface area (Å²) in [7, 11) is 0. The van der Waals surface area contributed by atoms with Gasteiger partial charge in [-0.2, -0.15) is 0 Å². The third kappa shape index (κ3) is 10.5. The van der Waals surface area contributed by atoms with Crippen molar-refractivity contribution >= 4 is 17.7 Å². The molecule has 0 radical (unpaired) electrons. The molecule has 0 aromatic heterocycles. The monoisotopic (exact) mass is 478 g/mol. The maximum absolute atomic E-state index is 12.6. The molecule has 7 heteroatoms. The van der Waals surface area contributed by atoms with E-state index < -0.39 is 11.1 Å². The molecule has 1 aliphatic rings. The number of ether oxygens (including phenoxy) is 2. The average Bonchev–Trinajstić information content (AvgIpc) is 3.03. The van der Waals surface area contributed by atoms with E-state index in [0.717, 1.165) is 12.8 Å². The van der Waals surface area contributed by atoms with Crippen molar-refractivity contribution in [3.8, 4) is 0 Å². The summed E-state index contributed by atoms with van der Waals surface area (Å²) < 4.78 is 12.1. The van der Waals surface area contributed by atoms with Crippen LogP contribution in [0.5, 0.6) is 0 Å². The quantitative estimate of drug-likeness (QED) is 0.257. The van der Waals surface area contributed by atoms with Crippen LogP contribution in [0.3, 0.4) is 0 Å². The molecule has 1 rings (SSSR count). The molecule has 0 fully saturated rings. The minimum absolute atomic E-state index is 0.0211. The number of rotatable bonds is 16. The molecule has 1 N–H and O–H groups in total. The largest absolute Gasteiger partial charge is 0.375 e. The molecule has 3 amide bonds. The van der Waals surface area contributed by atoms with Crippen molar-refractivity contribution in [2.75, 3.05) is 13.2 Å². The lowest BCUT2D eigenvalue weighted by Crippen LogP contribution is -2.48. The molecule has 0 atom stereocenters. The third-order valence-electron chi connectivity index (χ3n) is 6.22. The van der Waals surface area contributed by atoms with E-state index in [1.54, 1.807) is 0 Å². The smallest absolute Gasteiger partial charge is 0.254 e. The van der Waals surface area contributed by atoms with Crippen LogP contribution in [0.2, 0.25) is 0 Å². The SMILES string of the molecule is C=CCCC(C)(C)OCCC(C)(C)NC(=O)CCC(C)(C)OCCC(C)(C)N1C(=O)C=CC1=O. The van der Waals surface area contributed by atoms with Crippen molar-refractivity contribution in [2.24, 2.45) is 0 Å². The highest BCUT2D eigenvalue weighted by atomic mass is 16.5. The first-order chi connectivity index (χ1) is 15.5. The van der Waals surface area contributed by atoms with Gasteiger partial charge in [-0.1, -0.05) is 6.08 Å². The van der Waals surface area contributed by atoms with Crippen molar-refractivity contribution in [2.45, 2.75) is 116 Å². The van der Waals surface area contributed by atoms with Gasteiger partial charge in [-0.05, 0) is 87.5 Å². The van der Waals surface area contributed by atoms with Crippen molar-refractivity contribution in [3.05, 3.63) is 24.8 Å². The van der Waals surface area contributed by atoms with Crippen LogP contribution in [0, 0.1) is 0 Å². The lowest BCUT2D eigenvalue weighted by molar-refractivity contribution is -0.144. The number of carbonyl (C=O) groups excluding carboxylic acids is 3. The summed E-state index contributed by atoms with van der Waals surface area (Å²) >= 11 is 0. The standard InChI is InChI=1S/C27H46N2O5/c1-10-11-15-26(6,7)33-19-17-24(2,3)28-21(30)14-16-27(8,9)34-20-18-25(4,5)29-22(31)12-13-23(29)32/h10,12-13H,1,11,14-20H2,2-9H3,(H,28,30). The second kappa shape index (κ2) is 12.1. The Hall–Kier alpha value is -1.99. The fourth-order valence-corrected chi connectivity index (χ4v) is 3.78. The van der Waals surface area contributed by atoms with Gasteiger partial charge in [0.15, 0.2) is 0 Å². The zero-order valence-electron chi connectivity index (χ0n) is 22.6. The first-order valence-corrected chi connectivity index (χ1v) is 12.3. The third-order valence-corrected chi connectivity index (χ3v) is 6.22. The maximum Gasteiger partial charge on any atom is 0.254 e. The number of allylic oxidation sites excluding steroid dienone is 1. The van der Waals surface area contributed by atoms with E-state index in [-0.39, 0.29) is 28.9 Å². The number of nitrogens with one attached hydrogen (secondary N) is 1. The van der Waals surface area contributed by atoms with Gasteiger partial charge in [-0.15, -0.1) is 6.58 Å². The van der Waals surface area contributed by atoms with Crippen LogP contribution in [0.1, 0.15) is 93.9 Å². The fourth-order valence-electron chi connectivity index (χ4n) is 3.78. The van der Waals surface area contributed by atoms with Crippen LogP contribution >= 0.6 is 0 Å². The van der Waals surface area contributed by atoms with Crippen molar-refractivity contribution in [1.82, 2.24) is 10.2 Å². The molecule has 1 heterocycles. The molecule has 0 aromatic carbocycles. The van der Waals surface area contributed by atoms with Crippen LogP contribution in [-0.4, -0.2) is 58.1 Å². The lowest BCUT2D eigenvalue weighted by atomic mass is 9.97. The van der Waals surface area contributed by atoms with Crippen molar-refractivity contribution in [1.29, 1.82) is 0 Å². The molecule has 0 unspecified atom stereocenters. The van der Waals surface area contributed by atoms with E-state index in [4.69, 9.17) is 9.47 Å². The molecule has 0 bridgehead atoms. The van der Waals surface area contributed by atoms with E-state index >= 15 is 0 Å². The van der Waals surface area contributed by atoms with Gasteiger partial charge in [0, 0.05) is 42.9 Å². The van der Waals surface area contributed by atoms with Crippen LogP contribution in [0.15, 0.2) is 24.8 Å². The molecular formula is C27H46N2O5. The Bertz CT molecular complexity index is 747. The number of carbonyl (C=O) groups is 3. The van der Waals surface area contributed by atoms with Gasteiger partial charge in [0.1, 0.15) is 0 Å². The summed E-state index contributed by atoms with van der Waals surface area (Å²) in [5.41, 5.74) is -1.73. The molecule has 194 valence electrons. The highest BCUT2D eigenvalue weighted by molar-refractivity contribution is 6.13. The predicted octanol–water partition coefficient (Wildman–Crippen LogP) is 4.70. The van der Waals surface area contributed by atoms with E-state index in [0.29, 0.717) is 38.9 Å². The van der Waals surface area contributed by atoms with Gasteiger partial charge in [-0.25, -0.2) is 0 Å². The fraction of sp³-hybridized carbons (Fsp3) is 0.741. The minimum atomic E-state index is -0.641. The summed E-state index contributed by atoms with van der Waals surface area (Å²) in [6.45, 7) is 20.5. The Kier molecular flexibility index (Phi) is 10.7. The number of hydrogen-bond donors (Lipinski definition) is 1. The van der Waals surface area contributed by atoms with Gasteiger partial charge in [0.05, 0.1) is 11.2 Å². The summed E-state index contributed by atoms with van der Waals surface area (Å²) in [6.07, 6.45) is 8.45. The zero-order chi connectivity index (χ0) is 26.2. The summed E-state index contributed by atoms with van der Waals surface area (Å²) in [6, 6.07) is 0. The lowest BCUT2D eigenvalue weighted by Gasteiger charge is -2.35. The predicted molar refractivity (Wildman–Crippen MR) is 135 cm³/mol. The number of hydrogen-bond acceptors (Lipinski definition) is 5. The summed E-state index contributed by atoms with van der Waals surface area (Å²) in [4.78, 5) is 37.8. The second-order valence-corrected chi connectivity index (χ2v) is 11.6. The number of nitrogens with zero attached hydrogens (tertiary/aromatic N) is 1. The van der Waals surface area contributed by atoms with Gasteiger partial charge in [-0.3, -0.25) is 19.3 Å². The molecular weight excluding hydrogens is 432 g/mol. The van der Waals surface area contributed by atoms with E-state index in [1.165, 1.54) is 17.1 Å². The normalized spacial score (nSPS) is 15.2. The van der Waals surface area contributed by atoms with Crippen molar-refractivity contribution in [3.63, 3.8) is 0 Å². The first kappa shape index (κ1) is 30.0. The Morgan fingerprint density at radius 3 is 1.91 bits per heavy atom. The van der Waals surface area contributed by atoms with Gasteiger partial charge < -0.3 is 14.8 Å². The minimum Gasteiger partial charge on any atom is -0.375 e. The molecule has 0 aromatic rings. The highest BCUT2D eigenvalue weighted by Gasteiger charge is 2.37. The molecule has 34 heavy (non-hydrogen) atoms. The van der Waals surface area contributed by atoms with Crippen LogP contribution in [-0.2, 0) is 23.9 Å². The second-order valence-electron chi connectivity index (χ2n) is 11.6. The van der Waals surface area contributed by atoms with Gasteiger partial charge in [0.2, 0.25) is 5.91 Å². The molecule has 0 spiro atoms. The first-order valence-electron chi connectivity index (χ1n) is 12.3. The van der Waals surface area contributed by atoms with Crippen LogP contribution in [0.4, 0.5) is 0 Å². The van der Waals surface area contributed by atoms with E-state index in [2.05, 4.69) is 25.7 Å². The van der Waals surface area contributed by atoms with Gasteiger partial charge >= 0.3 is 0 Å². The van der Waals surface area contributed by atoms with Crippen LogP contribution in [0.25, 0.3) is 0 Å².